The number of aromatic nitrogens is 3. The summed E-state index contributed by atoms with van der Waals surface area (Å²) in [7, 11) is -4.82. The molecule has 0 saturated heterocycles. The summed E-state index contributed by atoms with van der Waals surface area (Å²) < 4.78 is 115. The average molecular weight is 568 g/mol. The fourth-order valence-electron chi connectivity index (χ4n) is 4.48. The van der Waals surface area contributed by atoms with Gasteiger partial charge in [0.05, 0.1) is 11.7 Å². The van der Waals surface area contributed by atoms with Crippen LogP contribution < -0.4 is 4.74 Å². The van der Waals surface area contributed by atoms with Gasteiger partial charge in [-0.1, -0.05) is 60.7 Å². The zero-order valence-electron chi connectivity index (χ0n) is 19.7. The lowest BCUT2D eigenvalue weighted by Gasteiger charge is -2.29. The van der Waals surface area contributed by atoms with Gasteiger partial charge in [-0.3, -0.25) is 4.57 Å². The SMILES string of the molecule is O=S(=O)(c1ccccc1OC(F)(F)F)N1Cc2ccccc2-n2c(nnc2C(F)(F)F)C1Cc1ccccc1. The second kappa shape index (κ2) is 9.68. The first-order valence-corrected chi connectivity index (χ1v) is 12.8. The van der Waals surface area contributed by atoms with E-state index in [1.54, 1.807) is 30.3 Å². The molecule has 1 aromatic heterocycles. The predicted octanol–water partition coefficient (Wildman–Crippen LogP) is 5.67. The van der Waals surface area contributed by atoms with E-state index in [0.717, 1.165) is 21.0 Å². The van der Waals surface area contributed by atoms with Crippen molar-refractivity contribution in [2.45, 2.75) is 36.4 Å². The highest BCUT2D eigenvalue weighted by atomic mass is 32.2. The topological polar surface area (TPSA) is 77.3 Å². The maximum Gasteiger partial charge on any atom is 0.573 e. The van der Waals surface area contributed by atoms with Crippen molar-refractivity contribution in [3.63, 3.8) is 0 Å². The molecule has 204 valence electrons. The molecule has 3 aromatic carbocycles. The van der Waals surface area contributed by atoms with Crippen molar-refractivity contribution in [1.82, 2.24) is 19.1 Å². The van der Waals surface area contributed by atoms with Crippen molar-refractivity contribution >= 4 is 10.0 Å². The van der Waals surface area contributed by atoms with Crippen LogP contribution in [0, 0.1) is 0 Å². The number of halogens is 6. The number of benzene rings is 3. The average Bonchev–Trinajstić information content (AvgIpc) is 3.26. The number of rotatable bonds is 5. The lowest BCUT2D eigenvalue weighted by Crippen LogP contribution is -2.36. The standard InChI is InChI=1S/C25H18F6N4O3S/c26-24(27,28)23-33-32-22-19(14-16-8-2-1-3-9-16)34(15-17-10-4-5-11-18(17)35(22)23)39(36,37)21-13-7-6-12-20(21)38-25(29,30)31/h1-13,19H,14-15H2. The van der Waals surface area contributed by atoms with Gasteiger partial charge < -0.3 is 4.74 Å². The van der Waals surface area contributed by atoms with E-state index in [1.165, 1.54) is 36.4 Å². The molecule has 7 nitrogen and oxygen atoms in total. The number of sulfonamides is 1. The van der Waals surface area contributed by atoms with Crippen molar-refractivity contribution in [3.8, 4) is 11.4 Å². The minimum atomic E-state index is -5.19. The first kappa shape index (κ1) is 26.7. The van der Waals surface area contributed by atoms with Crippen LogP contribution in [0.15, 0.2) is 83.8 Å². The first-order valence-electron chi connectivity index (χ1n) is 11.4. The molecule has 0 radical (unpaired) electrons. The number of nitrogens with zero attached hydrogens (tertiary/aromatic N) is 4. The Kier molecular flexibility index (Phi) is 6.63. The molecule has 39 heavy (non-hydrogen) atoms. The Morgan fingerprint density at radius 2 is 1.49 bits per heavy atom. The lowest BCUT2D eigenvalue weighted by molar-refractivity contribution is -0.275. The molecule has 0 fully saturated rings. The van der Waals surface area contributed by atoms with E-state index in [-0.39, 0.29) is 23.5 Å². The van der Waals surface area contributed by atoms with Crippen molar-refractivity contribution < 1.29 is 39.5 Å². The molecule has 0 aliphatic carbocycles. The Labute approximate surface area is 218 Å². The van der Waals surface area contributed by atoms with Crippen LogP contribution in [-0.4, -0.2) is 33.8 Å². The Morgan fingerprint density at radius 3 is 2.18 bits per heavy atom. The van der Waals surface area contributed by atoms with E-state index in [9.17, 15) is 34.8 Å². The molecule has 0 bridgehead atoms. The molecule has 5 rings (SSSR count). The first-order chi connectivity index (χ1) is 18.4. The summed E-state index contributed by atoms with van der Waals surface area (Å²) in [6.07, 6.45) is -10.3. The number of hydrogen-bond acceptors (Lipinski definition) is 5. The van der Waals surface area contributed by atoms with Gasteiger partial charge in [0, 0.05) is 6.54 Å². The van der Waals surface area contributed by atoms with E-state index in [1.807, 2.05) is 0 Å². The molecule has 1 atom stereocenters. The molecule has 14 heteroatoms. The minimum absolute atomic E-state index is 0.000383. The summed E-state index contributed by atoms with van der Waals surface area (Å²) >= 11 is 0. The lowest BCUT2D eigenvalue weighted by atomic mass is 10.1. The fraction of sp³-hybridized carbons (Fsp3) is 0.200. The Morgan fingerprint density at radius 1 is 0.846 bits per heavy atom. The smallest absolute Gasteiger partial charge is 0.404 e. The largest absolute Gasteiger partial charge is 0.573 e. The molecule has 1 aliphatic heterocycles. The quantitative estimate of drug-likeness (QED) is 0.290. The third kappa shape index (κ3) is 5.21. The van der Waals surface area contributed by atoms with Gasteiger partial charge in [0.2, 0.25) is 15.8 Å². The summed E-state index contributed by atoms with van der Waals surface area (Å²) in [5, 5.41) is 7.12. The van der Waals surface area contributed by atoms with Gasteiger partial charge in [-0.25, -0.2) is 8.42 Å². The van der Waals surface area contributed by atoms with Crippen LogP contribution in [0.25, 0.3) is 5.69 Å². The van der Waals surface area contributed by atoms with Gasteiger partial charge >= 0.3 is 12.5 Å². The molecule has 0 N–H and O–H groups in total. The van der Waals surface area contributed by atoms with Crippen molar-refractivity contribution in [3.05, 3.63) is 102 Å². The summed E-state index contributed by atoms with van der Waals surface area (Å²) in [5.74, 6) is -2.67. The molecule has 0 saturated carbocycles. The number of fused-ring (bicyclic) bond motifs is 3. The normalized spacial score (nSPS) is 16.3. The van der Waals surface area contributed by atoms with Gasteiger partial charge in [0.1, 0.15) is 10.6 Å². The van der Waals surface area contributed by atoms with Crippen LogP contribution in [0.5, 0.6) is 5.75 Å². The highest BCUT2D eigenvalue weighted by Gasteiger charge is 2.46. The molecular weight excluding hydrogens is 550 g/mol. The maximum absolute atomic E-state index is 14.1. The fourth-order valence-corrected chi connectivity index (χ4v) is 6.16. The zero-order valence-corrected chi connectivity index (χ0v) is 20.5. The van der Waals surface area contributed by atoms with Gasteiger partial charge in [-0.05, 0) is 35.7 Å². The van der Waals surface area contributed by atoms with Crippen LogP contribution in [0.3, 0.4) is 0 Å². The van der Waals surface area contributed by atoms with Crippen LogP contribution >= 0.6 is 0 Å². The van der Waals surface area contributed by atoms with Gasteiger partial charge in [-0.2, -0.15) is 17.5 Å². The van der Waals surface area contributed by atoms with Crippen LogP contribution in [0.1, 0.15) is 28.8 Å². The monoisotopic (exact) mass is 568 g/mol. The zero-order chi connectivity index (χ0) is 28.0. The third-order valence-corrected chi connectivity index (χ3v) is 7.97. The van der Waals surface area contributed by atoms with E-state index < -0.39 is 51.6 Å². The second-order valence-corrected chi connectivity index (χ2v) is 10.5. The number of para-hydroxylation sites is 2. The summed E-state index contributed by atoms with van der Waals surface area (Å²) in [6, 6.07) is 16.9. The van der Waals surface area contributed by atoms with E-state index in [2.05, 4.69) is 14.9 Å². The highest BCUT2D eigenvalue weighted by Crippen LogP contribution is 2.42. The third-order valence-electron chi connectivity index (χ3n) is 6.08. The van der Waals surface area contributed by atoms with E-state index in [0.29, 0.717) is 5.56 Å². The maximum atomic E-state index is 14.1. The molecular formula is C25H18F6N4O3S. The second-order valence-electron chi connectivity index (χ2n) is 8.59. The molecule has 1 aliphatic rings. The van der Waals surface area contributed by atoms with Crippen molar-refractivity contribution in [2.75, 3.05) is 0 Å². The predicted molar refractivity (Wildman–Crippen MR) is 125 cm³/mol. The van der Waals surface area contributed by atoms with Crippen LogP contribution in [0.4, 0.5) is 26.3 Å². The van der Waals surface area contributed by atoms with Crippen molar-refractivity contribution in [1.29, 1.82) is 0 Å². The van der Waals surface area contributed by atoms with Gasteiger partial charge in [0.25, 0.3) is 0 Å². The van der Waals surface area contributed by atoms with Crippen LogP contribution in [-0.2, 0) is 29.2 Å². The van der Waals surface area contributed by atoms with E-state index >= 15 is 0 Å². The Balaban J connectivity index is 1.76. The molecule has 0 spiro atoms. The van der Waals surface area contributed by atoms with Gasteiger partial charge in [0.15, 0.2) is 5.82 Å². The number of ether oxygens (including phenoxy) is 1. The minimum Gasteiger partial charge on any atom is -0.404 e. The Hall–Kier alpha value is -3.91. The van der Waals surface area contributed by atoms with Gasteiger partial charge in [-0.15, -0.1) is 23.4 Å². The molecule has 4 aromatic rings. The molecule has 0 amide bonds. The summed E-state index contributed by atoms with van der Waals surface area (Å²) in [5.41, 5.74) is 0.717. The molecule has 2 heterocycles. The number of hydrogen-bond donors (Lipinski definition) is 0. The summed E-state index contributed by atoms with van der Waals surface area (Å²) in [4.78, 5) is -0.804. The van der Waals surface area contributed by atoms with Crippen LogP contribution in [0.2, 0.25) is 0 Å². The van der Waals surface area contributed by atoms with Crippen molar-refractivity contribution in [2.24, 2.45) is 0 Å². The highest BCUT2D eigenvalue weighted by molar-refractivity contribution is 7.89. The Bertz CT molecular complexity index is 1600. The van der Waals surface area contributed by atoms with E-state index in [4.69, 9.17) is 0 Å². The summed E-state index contributed by atoms with van der Waals surface area (Å²) in [6.45, 7) is -0.461. The number of alkyl halides is 6. The molecule has 1 unspecified atom stereocenters.